The summed E-state index contributed by atoms with van der Waals surface area (Å²) >= 11 is 0. The van der Waals surface area contributed by atoms with Gasteiger partial charge in [0.1, 0.15) is 17.3 Å². The number of hydrogen-bond donors (Lipinski definition) is 1. The van der Waals surface area contributed by atoms with Crippen molar-refractivity contribution in [2.75, 3.05) is 18.4 Å². The van der Waals surface area contributed by atoms with Crippen molar-refractivity contribution in [3.63, 3.8) is 0 Å². The molecule has 0 aliphatic carbocycles. The van der Waals surface area contributed by atoms with Crippen molar-refractivity contribution in [3.8, 4) is 11.3 Å². The minimum atomic E-state index is -0.765. The standard InChI is InChI=1S/C22H24F2N4O/c1-4-28(5-2)13-15-7-6-8-17(11-15)25-22(29)19-14-27(3)26-21(19)18-10-9-16(23)12-20(18)24/h6-12,14H,4-5,13H2,1-3H3,(H,25,29). The zero-order valence-electron chi connectivity index (χ0n) is 16.7. The third-order valence-corrected chi connectivity index (χ3v) is 4.75. The molecule has 0 aliphatic heterocycles. The first-order chi connectivity index (χ1) is 13.9. The Bertz CT molecular complexity index is 1010. The highest BCUT2D eigenvalue weighted by molar-refractivity contribution is 6.08. The fraction of sp³-hybridized carbons (Fsp3) is 0.273. The molecule has 0 bridgehead atoms. The maximum Gasteiger partial charge on any atom is 0.259 e. The van der Waals surface area contributed by atoms with Gasteiger partial charge in [-0.1, -0.05) is 26.0 Å². The van der Waals surface area contributed by atoms with E-state index in [1.54, 1.807) is 13.1 Å². The molecule has 5 nitrogen and oxygen atoms in total. The molecule has 2 aromatic carbocycles. The molecule has 0 saturated heterocycles. The number of rotatable bonds is 7. The van der Waals surface area contributed by atoms with Gasteiger partial charge in [-0.05, 0) is 42.9 Å². The molecule has 7 heteroatoms. The van der Waals surface area contributed by atoms with Gasteiger partial charge in [-0.2, -0.15) is 5.10 Å². The van der Waals surface area contributed by atoms with Gasteiger partial charge < -0.3 is 5.32 Å². The molecule has 152 valence electrons. The minimum absolute atomic E-state index is 0.0763. The van der Waals surface area contributed by atoms with Crippen molar-refractivity contribution in [2.24, 2.45) is 7.05 Å². The van der Waals surface area contributed by atoms with Crippen LogP contribution in [0.5, 0.6) is 0 Å². The summed E-state index contributed by atoms with van der Waals surface area (Å²) in [6.45, 7) is 6.88. The summed E-state index contributed by atoms with van der Waals surface area (Å²) in [4.78, 5) is 15.1. The van der Waals surface area contributed by atoms with E-state index < -0.39 is 17.5 Å². The van der Waals surface area contributed by atoms with Crippen LogP contribution < -0.4 is 5.32 Å². The molecule has 29 heavy (non-hydrogen) atoms. The number of carbonyl (C=O) groups excluding carboxylic acids is 1. The summed E-state index contributed by atoms with van der Waals surface area (Å²) in [6, 6.07) is 10.8. The van der Waals surface area contributed by atoms with Gasteiger partial charge in [0.05, 0.1) is 5.56 Å². The summed E-state index contributed by atoms with van der Waals surface area (Å²) in [5.41, 5.74) is 2.19. The monoisotopic (exact) mass is 398 g/mol. The molecule has 3 rings (SSSR count). The van der Waals surface area contributed by atoms with Crippen molar-refractivity contribution < 1.29 is 13.6 Å². The van der Waals surface area contributed by atoms with Crippen LogP contribution >= 0.6 is 0 Å². The number of aryl methyl sites for hydroxylation is 1. The Morgan fingerprint density at radius 1 is 1.14 bits per heavy atom. The number of amides is 1. The predicted octanol–water partition coefficient (Wildman–Crippen LogP) is 4.46. The maximum absolute atomic E-state index is 14.2. The number of nitrogens with one attached hydrogen (secondary N) is 1. The zero-order chi connectivity index (χ0) is 21.0. The second-order valence-electron chi connectivity index (χ2n) is 6.81. The number of nitrogens with zero attached hydrogens (tertiary/aromatic N) is 3. The van der Waals surface area contributed by atoms with E-state index in [2.05, 4.69) is 29.2 Å². The summed E-state index contributed by atoms with van der Waals surface area (Å²) in [7, 11) is 1.65. The Balaban J connectivity index is 1.85. The van der Waals surface area contributed by atoms with Gasteiger partial charge in [0, 0.05) is 37.1 Å². The van der Waals surface area contributed by atoms with E-state index in [-0.39, 0.29) is 16.8 Å². The van der Waals surface area contributed by atoms with Crippen molar-refractivity contribution in [2.45, 2.75) is 20.4 Å². The number of aromatic nitrogens is 2. The summed E-state index contributed by atoms with van der Waals surface area (Å²) in [5, 5.41) is 7.05. The van der Waals surface area contributed by atoms with Crippen LogP contribution in [0.1, 0.15) is 29.8 Å². The molecule has 1 heterocycles. The van der Waals surface area contributed by atoms with Gasteiger partial charge in [0.2, 0.25) is 0 Å². The largest absolute Gasteiger partial charge is 0.322 e. The lowest BCUT2D eigenvalue weighted by atomic mass is 10.1. The van der Waals surface area contributed by atoms with Gasteiger partial charge in [-0.15, -0.1) is 0 Å². The first-order valence-corrected chi connectivity index (χ1v) is 9.53. The molecule has 0 spiro atoms. The molecule has 1 amide bonds. The Morgan fingerprint density at radius 2 is 1.90 bits per heavy atom. The highest BCUT2D eigenvalue weighted by atomic mass is 19.1. The van der Waals surface area contributed by atoms with Crippen LogP contribution in [0.25, 0.3) is 11.3 Å². The van der Waals surface area contributed by atoms with E-state index in [1.165, 1.54) is 16.9 Å². The van der Waals surface area contributed by atoms with E-state index in [0.717, 1.165) is 37.3 Å². The third kappa shape index (κ3) is 4.86. The zero-order valence-corrected chi connectivity index (χ0v) is 16.7. The van der Waals surface area contributed by atoms with Crippen molar-refractivity contribution >= 4 is 11.6 Å². The molecule has 1 N–H and O–H groups in total. The van der Waals surface area contributed by atoms with Crippen LogP contribution in [0, 0.1) is 11.6 Å². The molecule has 0 radical (unpaired) electrons. The first kappa shape index (κ1) is 20.7. The summed E-state index contributed by atoms with van der Waals surface area (Å²) in [6.07, 6.45) is 1.52. The first-order valence-electron chi connectivity index (χ1n) is 9.53. The quantitative estimate of drug-likeness (QED) is 0.639. The van der Waals surface area contributed by atoms with Crippen LogP contribution in [0.3, 0.4) is 0 Å². The van der Waals surface area contributed by atoms with E-state index in [0.29, 0.717) is 5.69 Å². The average molecular weight is 398 g/mol. The molecule has 1 aromatic heterocycles. The van der Waals surface area contributed by atoms with Crippen LogP contribution in [-0.2, 0) is 13.6 Å². The predicted molar refractivity (Wildman–Crippen MR) is 110 cm³/mol. The van der Waals surface area contributed by atoms with Gasteiger partial charge in [-0.25, -0.2) is 8.78 Å². The highest BCUT2D eigenvalue weighted by Crippen LogP contribution is 2.26. The highest BCUT2D eigenvalue weighted by Gasteiger charge is 2.20. The number of hydrogen-bond acceptors (Lipinski definition) is 3. The van der Waals surface area contributed by atoms with Crippen LogP contribution in [0.2, 0.25) is 0 Å². The van der Waals surface area contributed by atoms with Crippen molar-refractivity contribution in [1.82, 2.24) is 14.7 Å². The number of halogens is 2. The van der Waals surface area contributed by atoms with Gasteiger partial charge in [0.25, 0.3) is 5.91 Å². The van der Waals surface area contributed by atoms with E-state index in [1.807, 2.05) is 18.2 Å². The second kappa shape index (κ2) is 8.96. The molecule has 3 aromatic rings. The number of carbonyl (C=O) groups is 1. The molecule has 0 saturated carbocycles. The number of anilines is 1. The Kier molecular flexibility index (Phi) is 6.39. The van der Waals surface area contributed by atoms with Crippen LogP contribution in [0.15, 0.2) is 48.7 Å². The average Bonchev–Trinajstić information content (AvgIpc) is 3.08. The molecule has 0 atom stereocenters. The van der Waals surface area contributed by atoms with E-state index >= 15 is 0 Å². The smallest absolute Gasteiger partial charge is 0.259 e. The van der Waals surface area contributed by atoms with Crippen LogP contribution in [-0.4, -0.2) is 33.7 Å². The Morgan fingerprint density at radius 3 is 2.59 bits per heavy atom. The molecule has 0 unspecified atom stereocenters. The SMILES string of the molecule is CCN(CC)Cc1cccc(NC(=O)c2cn(C)nc2-c2ccc(F)cc2F)c1. The number of benzene rings is 2. The lowest BCUT2D eigenvalue weighted by molar-refractivity contribution is 0.102. The Labute approximate surface area is 169 Å². The third-order valence-electron chi connectivity index (χ3n) is 4.75. The fourth-order valence-corrected chi connectivity index (χ4v) is 3.19. The van der Waals surface area contributed by atoms with Crippen molar-refractivity contribution in [1.29, 1.82) is 0 Å². The van der Waals surface area contributed by atoms with E-state index in [9.17, 15) is 13.6 Å². The van der Waals surface area contributed by atoms with E-state index in [4.69, 9.17) is 0 Å². The topological polar surface area (TPSA) is 50.2 Å². The van der Waals surface area contributed by atoms with Crippen molar-refractivity contribution in [3.05, 3.63) is 71.4 Å². The lowest BCUT2D eigenvalue weighted by Gasteiger charge is -2.18. The van der Waals surface area contributed by atoms with Crippen LogP contribution in [0.4, 0.5) is 14.5 Å². The lowest BCUT2D eigenvalue weighted by Crippen LogP contribution is -2.22. The molecular formula is C22H24F2N4O. The normalized spacial score (nSPS) is 11.1. The second-order valence-corrected chi connectivity index (χ2v) is 6.81. The fourth-order valence-electron chi connectivity index (χ4n) is 3.19. The van der Waals surface area contributed by atoms with Gasteiger partial charge in [0.15, 0.2) is 0 Å². The molecule has 0 fully saturated rings. The Hall–Kier alpha value is -3.06. The maximum atomic E-state index is 14.2. The van der Waals surface area contributed by atoms with Gasteiger partial charge in [-0.3, -0.25) is 14.4 Å². The summed E-state index contributed by atoms with van der Waals surface area (Å²) < 4.78 is 28.9. The molecule has 0 aliphatic rings. The summed E-state index contributed by atoms with van der Waals surface area (Å²) in [5.74, 6) is -1.85. The molecular weight excluding hydrogens is 374 g/mol. The van der Waals surface area contributed by atoms with Gasteiger partial charge >= 0.3 is 0 Å². The minimum Gasteiger partial charge on any atom is -0.322 e.